The number of aliphatic hydroxyl groups excluding tert-OH is 2. The molecule has 0 heterocycles. The summed E-state index contributed by atoms with van der Waals surface area (Å²) in [5.41, 5.74) is 0. The molecule has 5 nitrogen and oxygen atoms in total. The molecule has 1 aromatic rings. The molecule has 0 aliphatic rings. The van der Waals surface area contributed by atoms with Gasteiger partial charge in [-0.3, -0.25) is 0 Å². The van der Waals surface area contributed by atoms with Gasteiger partial charge in [0.05, 0.1) is 17.6 Å². The van der Waals surface area contributed by atoms with Gasteiger partial charge in [0, 0.05) is 17.2 Å². The minimum Gasteiger partial charge on any atom is -0.394 e. The van der Waals surface area contributed by atoms with E-state index in [0.717, 1.165) is 7.88 Å². The fourth-order valence-electron chi connectivity index (χ4n) is 1.24. The first kappa shape index (κ1) is 14.8. The zero-order valence-corrected chi connectivity index (χ0v) is 12.2. The Bertz CT molecular complexity index is 460. The lowest BCUT2D eigenvalue weighted by atomic mass is 10.4. The molecular formula is C10H14INO4S. The van der Waals surface area contributed by atoms with Gasteiger partial charge in [-0.05, 0) is 46.9 Å². The van der Waals surface area contributed by atoms with Gasteiger partial charge in [-0.1, -0.05) is 0 Å². The first-order chi connectivity index (χ1) is 7.87. The third-order valence-corrected chi connectivity index (χ3v) is 4.76. The maximum absolute atomic E-state index is 12.0. The number of benzene rings is 1. The summed E-state index contributed by atoms with van der Waals surface area (Å²) >= 11 is 2.09. The molecule has 7 heteroatoms. The van der Waals surface area contributed by atoms with E-state index in [1.807, 2.05) is 0 Å². The van der Waals surface area contributed by atoms with Gasteiger partial charge >= 0.3 is 0 Å². The summed E-state index contributed by atoms with van der Waals surface area (Å²) in [7, 11) is -2.23. The van der Waals surface area contributed by atoms with Gasteiger partial charge in [0.15, 0.2) is 0 Å². The molecule has 1 unspecified atom stereocenters. The molecule has 17 heavy (non-hydrogen) atoms. The van der Waals surface area contributed by atoms with Gasteiger partial charge in [-0.15, -0.1) is 0 Å². The second-order valence-corrected chi connectivity index (χ2v) is 6.87. The molecule has 2 N–H and O–H groups in total. The van der Waals surface area contributed by atoms with E-state index in [4.69, 9.17) is 5.11 Å². The molecule has 0 saturated carbocycles. The quantitative estimate of drug-likeness (QED) is 0.729. The minimum absolute atomic E-state index is 0.134. The molecule has 0 aliphatic carbocycles. The van der Waals surface area contributed by atoms with Crippen molar-refractivity contribution in [3.8, 4) is 0 Å². The van der Waals surface area contributed by atoms with Gasteiger partial charge < -0.3 is 10.2 Å². The highest BCUT2D eigenvalue weighted by atomic mass is 127. The number of sulfonamides is 1. The van der Waals surface area contributed by atoms with E-state index in [1.54, 1.807) is 12.1 Å². The topological polar surface area (TPSA) is 77.8 Å². The van der Waals surface area contributed by atoms with Crippen molar-refractivity contribution in [3.05, 3.63) is 27.8 Å². The number of halogens is 1. The van der Waals surface area contributed by atoms with Crippen LogP contribution in [0.2, 0.25) is 0 Å². The maximum Gasteiger partial charge on any atom is 0.242 e. The lowest BCUT2D eigenvalue weighted by Crippen LogP contribution is -2.35. The monoisotopic (exact) mass is 371 g/mol. The lowest BCUT2D eigenvalue weighted by molar-refractivity contribution is 0.0826. The zero-order valence-electron chi connectivity index (χ0n) is 9.25. The molecule has 0 bridgehead atoms. The van der Waals surface area contributed by atoms with Crippen molar-refractivity contribution in [1.82, 2.24) is 4.31 Å². The van der Waals surface area contributed by atoms with Crippen LogP contribution in [0.5, 0.6) is 0 Å². The number of aliphatic hydroxyl groups is 2. The molecule has 0 amide bonds. The van der Waals surface area contributed by atoms with Crippen LogP contribution in [0.15, 0.2) is 29.2 Å². The van der Waals surface area contributed by atoms with E-state index < -0.39 is 22.7 Å². The molecule has 0 aromatic heterocycles. The van der Waals surface area contributed by atoms with Crippen LogP contribution >= 0.6 is 22.6 Å². The summed E-state index contributed by atoms with van der Waals surface area (Å²) in [5, 5.41) is 17.9. The van der Waals surface area contributed by atoms with Crippen LogP contribution in [0.25, 0.3) is 0 Å². The third-order valence-electron chi connectivity index (χ3n) is 2.20. The van der Waals surface area contributed by atoms with Crippen LogP contribution in [-0.2, 0) is 10.0 Å². The van der Waals surface area contributed by atoms with E-state index >= 15 is 0 Å². The summed E-state index contributed by atoms with van der Waals surface area (Å²) in [5.74, 6) is 0. The average Bonchev–Trinajstić information content (AvgIpc) is 2.29. The van der Waals surface area contributed by atoms with Crippen LogP contribution in [0.3, 0.4) is 0 Å². The van der Waals surface area contributed by atoms with Gasteiger partial charge in [-0.2, -0.15) is 4.31 Å². The van der Waals surface area contributed by atoms with Crippen molar-refractivity contribution in [1.29, 1.82) is 0 Å². The predicted molar refractivity (Wildman–Crippen MR) is 72.1 cm³/mol. The molecule has 1 atom stereocenters. The van der Waals surface area contributed by atoms with Crippen molar-refractivity contribution >= 4 is 32.6 Å². The Hall–Kier alpha value is -0.220. The molecule has 96 valence electrons. The normalized spacial score (nSPS) is 13.9. The molecule has 0 saturated heterocycles. The van der Waals surface area contributed by atoms with Crippen molar-refractivity contribution in [3.63, 3.8) is 0 Å². The third kappa shape index (κ3) is 3.88. The van der Waals surface area contributed by atoms with Crippen LogP contribution in [0.4, 0.5) is 0 Å². The number of likely N-dealkylation sites (N-methyl/N-ethyl adjacent to an activating group) is 1. The molecule has 1 aromatic carbocycles. The Morgan fingerprint density at radius 2 is 1.88 bits per heavy atom. The van der Waals surface area contributed by atoms with Crippen molar-refractivity contribution in [2.45, 2.75) is 11.0 Å². The van der Waals surface area contributed by atoms with E-state index in [9.17, 15) is 13.5 Å². The second-order valence-electron chi connectivity index (χ2n) is 3.58. The van der Waals surface area contributed by atoms with Gasteiger partial charge in [0.1, 0.15) is 0 Å². The van der Waals surface area contributed by atoms with E-state index in [-0.39, 0.29) is 11.4 Å². The second kappa shape index (κ2) is 6.10. The Balaban J connectivity index is 2.91. The Morgan fingerprint density at radius 1 is 1.35 bits per heavy atom. The van der Waals surface area contributed by atoms with Crippen LogP contribution in [0, 0.1) is 3.57 Å². The first-order valence-corrected chi connectivity index (χ1v) is 7.40. The molecule has 0 spiro atoms. The van der Waals surface area contributed by atoms with Crippen molar-refractivity contribution in [2.75, 3.05) is 20.2 Å². The first-order valence-electron chi connectivity index (χ1n) is 4.88. The summed E-state index contributed by atoms with van der Waals surface area (Å²) in [6.45, 7) is -0.600. The summed E-state index contributed by atoms with van der Waals surface area (Å²) in [4.78, 5) is 0.172. The fraction of sp³-hybridized carbons (Fsp3) is 0.400. The zero-order chi connectivity index (χ0) is 13.1. The van der Waals surface area contributed by atoms with Crippen LogP contribution < -0.4 is 0 Å². The van der Waals surface area contributed by atoms with Crippen molar-refractivity contribution < 1.29 is 18.6 Å². The van der Waals surface area contributed by atoms with Gasteiger partial charge in [0.25, 0.3) is 0 Å². The Labute approximate surface area is 114 Å². The highest BCUT2D eigenvalue weighted by Crippen LogP contribution is 2.16. The number of nitrogens with zero attached hydrogens (tertiary/aromatic N) is 1. The summed E-state index contributed by atoms with van der Waals surface area (Å²) in [6.07, 6.45) is -1.07. The highest BCUT2D eigenvalue weighted by Gasteiger charge is 2.22. The van der Waals surface area contributed by atoms with Crippen molar-refractivity contribution in [2.24, 2.45) is 0 Å². The smallest absolute Gasteiger partial charge is 0.242 e. The SMILES string of the molecule is CN(CC(O)CO)S(=O)(=O)c1ccc(I)cc1. The van der Waals surface area contributed by atoms with Gasteiger partial charge in [0.2, 0.25) is 10.0 Å². The molecule has 0 aliphatic heterocycles. The lowest BCUT2D eigenvalue weighted by Gasteiger charge is -2.19. The minimum atomic E-state index is -3.60. The fourth-order valence-corrected chi connectivity index (χ4v) is 2.81. The highest BCUT2D eigenvalue weighted by molar-refractivity contribution is 14.1. The number of hydrogen-bond acceptors (Lipinski definition) is 4. The molecule has 1 rings (SSSR count). The summed E-state index contributed by atoms with van der Waals surface area (Å²) in [6, 6.07) is 6.42. The number of hydrogen-bond donors (Lipinski definition) is 2. The van der Waals surface area contributed by atoms with Crippen LogP contribution in [0.1, 0.15) is 0 Å². The predicted octanol–water partition coefficient (Wildman–Crippen LogP) is 0.265. The molecule has 0 radical (unpaired) electrons. The molecular weight excluding hydrogens is 357 g/mol. The summed E-state index contributed by atoms with van der Waals surface area (Å²) < 4.78 is 26.0. The van der Waals surface area contributed by atoms with E-state index in [2.05, 4.69) is 22.6 Å². The Morgan fingerprint density at radius 3 is 2.35 bits per heavy atom. The Kier molecular flexibility index (Phi) is 5.32. The average molecular weight is 371 g/mol. The standard InChI is InChI=1S/C10H14INO4S/c1-12(6-9(14)7-13)17(15,16)10-4-2-8(11)3-5-10/h2-5,9,13-14H,6-7H2,1H3. The van der Waals surface area contributed by atoms with Crippen LogP contribution in [-0.4, -0.2) is 49.2 Å². The number of rotatable bonds is 5. The van der Waals surface area contributed by atoms with E-state index in [1.165, 1.54) is 19.2 Å². The molecule has 0 fully saturated rings. The van der Waals surface area contributed by atoms with Gasteiger partial charge in [-0.25, -0.2) is 8.42 Å². The maximum atomic E-state index is 12.0. The largest absolute Gasteiger partial charge is 0.394 e. The van der Waals surface area contributed by atoms with E-state index in [0.29, 0.717) is 0 Å².